The Morgan fingerprint density at radius 3 is 3.00 bits per heavy atom. The van der Waals surface area contributed by atoms with Gasteiger partial charge < -0.3 is 5.53 Å². The number of nitrogens with zero attached hydrogens (tertiary/aromatic N) is 2. The summed E-state index contributed by atoms with van der Waals surface area (Å²) in [5, 5.41) is 0. The lowest BCUT2D eigenvalue weighted by molar-refractivity contribution is -0.00594. The van der Waals surface area contributed by atoms with Crippen LogP contribution in [0.2, 0.25) is 0 Å². The molecule has 0 aliphatic heterocycles. The average molecular weight is 133 g/mol. The van der Waals surface area contributed by atoms with E-state index in [0.717, 1.165) is 0 Å². The normalized spacial score (nSPS) is 16.0. The standard InChI is InChI=1S/C7H5N2O/c8-9-7-4-2-1-3-6(7)5-10/h1-3H,4H2. The van der Waals surface area contributed by atoms with Crippen LogP contribution < -0.4 is 0 Å². The first-order chi connectivity index (χ1) is 4.88. The molecule has 0 N–H and O–H groups in total. The van der Waals surface area contributed by atoms with Gasteiger partial charge in [0.2, 0.25) is 6.29 Å². The van der Waals surface area contributed by atoms with Gasteiger partial charge in [-0.15, -0.1) is 0 Å². The summed E-state index contributed by atoms with van der Waals surface area (Å²) in [4.78, 5) is 13.0. The lowest BCUT2D eigenvalue weighted by Gasteiger charge is -1.92. The van der Waals surface area contributed by atoms with Crippen LogP contribution >= 0.6 is 0 Å². The van der Waals surface area contributed by atoms with E-state index in [2.05, 4.69) is 4.79 Å². The SMILES string of the molecule is [N-]=[N+]=C1CC=CC=C1[C]=O. The molecule has 1 aliphatic rings. The molecule has 0 fully saturated rings. The van der Waals surface area contributed by atoms with Gasteiger partial charge >= 0.3 is 5.71 Å². The Morgan fingerprint density at radius 1 is 1.70 bits per heavy atom. The molecule has 0 spiro atoms. The van der Waals surface area contributed by atoms with Crippen molar-refractivity contribution in [3.05, 3.63) is 29.3 Å². The topological polar surface area (TPSA) is 53.5 Å². The van der Waals surface area contributed by atoms with Gasteiger partial charge in [0.1, 0.15) is 5.57 Å². The molecule has 0 aromatic carbocycles. The Balaban J connectivity index is 3.02. The predicted octanol–water partition coefficient (Wildman–Crippen LogP) is 0.653. The highest BCUT2D eigenvalue weighted by Gasteiger charge is 2.15. The number of allylic oxidation sites excluding steroid dienone is 4. The maximum Gasteiger partial charge on any atom is 0.306 e. The molecule has 49 valence electrons. The van der Waals surface area contributed by atoms with E-state index in [1.165, 1.54) is 0 Å². The zero-order valence-electron chi connectivity index (χ0n) is 5.24. The Labute approximate surface area is 58.3 Å². The molecule has 0 aromatic rings. The molecule has 0 bridgehead atoms. The monoisotopic (exact) mass is 133 g/mol. The van der Waals surface area contributed by atoms with E-state index in [9.17, 15) is 4.79 Å². The summed E-state index contributed by atoms with van der Waals surface area (Å²) in [5.41, 5.74) is 9.02. The van der Waals surface area contributed by atoms with Crippen LogP contribution in [-0.2, 0) is 4.79 Å². The molecule has 0 saturated carbocycles. The molecule has 10 heavy (non-hydrogen) atoms. The fourth-order valence-electron chi connectivity index (χ4n) is 0.738. The highest BCUT2D eigenvalue weighted by molar-refractivity contribution is 6.13. The maximum absolute atomic E-state index is 10.1. The smallest absolute Gasteiger partial charge is 0.306 e. The van der Waals surface area contributed by atoms with Crippen LogP contribution in [0.25, 0.3) is 5.53 Å². The van der Waals surface area contributed by atoms with Crippen molar-refractivity contribution in [2.75, 3.05) is 0 Å². The molecular weight excluding hydrogens is 128 g/mol. The minimum atomic E-state index is 0.324. The second kappa shape index (κ2) is 2.90. The first kappa shape index (κ1) is 6.65. The van der Waals surface area contributed by atoms with Crippen molar-refractivity contribution in [2.45, 2.75) is 6.42 Å². The zero-order chi connectivity index (χ0) is 7.40. The minimum Gasteiger partial charge on any atom is -0.361 e. The van der Waals surface area contributed by atoms with E-state index in [1.54, 1.807) is 24.5 Å². The van der Waals surface area contributed by atoms with Gasteiger partial charge in [0.05, 0.1) is 6.42 Å². The lowest BCUT2D eigenvalue weighted by Crippen LogP contribution is -2.06. The fraction of sp³-hybridized carbons (Fsp3) is 0.143. The van der Waals surface area contributed by atoms with Crippen LogP contribution in [0.1, 0.15) is 6.42 Å². The lowest BCUT2D eigenvalue weighted by atomic mass is 10.0. The average Bonchev–Trinajstić information content (AvgIpc) is 2.04. The summed E-state index contributed by atoms with van der Waals surface area (Å²) in [6, 6.07) is 0. The second-order valence-electron chi connectivity index (χ2n) is 1.86. The van der Waals surface area contributed by atoms with E-state index in [0.29, 0.717) is 17.7 Å². The van der Waals surface area contributed by atoms with Gasteiger partial charge in [-0.2, -0.15) is 4.79 Å². The predicted molar refractivity (Wildman–Crippen MR) is 36.2 cm³/mol. The van der Waals surface area contributed by atoms with E-state index < -0.39 is 0 Å². The van der Waals surface area contributed by atoms with Gasteiger partial charge in [-0.05, 0) is 6.08 Å². The van der Waals surface area contributed by atoms with Gasteiger partial charge in [-0.25, -0.2) is 0 Å². The van der Waals surface area contributed by atoms with Gasteiger partial charge in [0.25, 0.3) is 0 Å². The van der Waals surface area contributed by atoms with Gasteiger partial charge in [-0.3, -0.25) is 4.79 Å². The Morgan fingerprint density at radius 2 is 2.50 bits per heavy atom. The number of hydrogen-bond donors (Lipinski definition) is 0. The second-order valence-corrected chi connectivity index (χ2v) is 1.86. The van der Waals surface area contributed by atoms with E-state index in [4.69, 9.17) is 5.53 Å². The van der Waals surface area contributed by atoms with Crippen molar-refractivity contribution >= 4 is 12.0 Å². The van der Waals surface area contributed by atoms with E-state index in [1.807, 2.05) is 0 Å². The van der Waals surface area contributed by atoms with Crippen LogP contribution in [0.15, 0.2) is 23.8 Å². The van der Waals surface area contributed by atoms with Crippen LogP contribution in [0, 0.1) is 0 Å². The largest absolute Gasteiger partial charge is 0.361 e. The molecular formula is C7H5N2O. The fourth-order valence-corrected chi connectivity index (χ4v) is 0.738. The Hall–Kier alpha value is -1.47. The molecule has 1 aliphatic carbocycles. The molecule has 3 heteroatoms. The van der Waals surface area contributed by atoms with Gasteiger partial charge in [-0.1, -0.05) is 12.2 Å². The minimum absolute atomic E-state index is 0.324. The van der Waals surface area contributed by atoms with Crippen LogP contribution in [0.5, 0.6) is 0 Å². The number of rotatable bonds is 1. The maximum atomic E-state index is 10.1. The van der Waals surface area contributed by atoms with Gasteiger partial charge in [0.15, 0.2) is 0 Å². The number of hydrogen-bond acceptors (Lipinski definition) is 1. The third-order valence-electron chi connectivity index (χ3n) is 1.25. The molecule has 0 atom stereocenters. The molecule has 0 aromatic heterocycles. The zero-order valence-corrected chi connectivity index (χ0v) is 5.24. The first-order valence-corrected chi connectivity index (χ1v) is 2.84. The van der Waals surface area contributed by atoms with Crippen molar-refractivity contribution in [2.24, 2.45) is 0 Å². The van der Waals surface area contributed by atoms with E-state index in [-0.39, 0.29) is 0 Å². The highest BCUT2D eigenvalue weighted by Crippen LogP contribution is 2.04. The molecule has 0 heterocycles. The molecule has 0 amide bonds. The number of carbonyl (C=O) groups excluding carboxylic acids is 1. The van der Waals surface area contributed by atoms with Crippen molar-refractivity contribution in [3.63, 3.8) is 0 Å². The van der Waals surface area contributed by atoms with Gasteiger partial charge in [0, 0.05) is 0 Å². The summed E-state index contributed by atoms with van der Waals surface area (Å²) < 4.78 is 0. The van der Waals surface area contributed by atoms with Crippen molar-refractivity contribution < 1.29 is 9.58 Å². The third kappa shape index (κ3) is 1.09. The van der Waals surface area contributed by atoms with Crippen LogP contribution in [0.4, 0.5) is 0 Å². The molecule has 0 unspecified atom stereocenters. The Kier molecular flexibility index (Phi) is 1.92. The van der Waals surface area contributed by atoms with Crippen molar-refractivity contribution in [3.8, 4) is 0 Å². The molecule has 1 radical (unpaired) electrons. The summed E-state index contributed by atoms with van der Waals surface area (Å²) in [5.74, 6) is 0. The summed E-state index contributed by atoms with van der Waals surface area (Å²) in [6.07, 6.45) is 7.27. The quantitative estimate of drug-likeness (QED) is 0.382. The van der Waals surface area contributed by atoms with E-state index >= 15 is 0 Å². The summed E-state index contributed by atoms with van der Waals surface area (Å²) in [6.45, 7) is 0. The third-order valence-corrected chi connectivity index (χ3v) is 1.25. The van der Waals surface area contributed by atoms with Crippen LogP contribution in [-0.4, -0.2) is 16.8 Å². The highest BCUT2D eigenvalue weighted by atomic mass is 16.1. The molecule has 0 saturated heterocycles. The molecule has 3 nitrogen and oxygen atoms in total. The summed E-state index contributed by atoms with van der Waals surface area (Å²) in [7, 11) is 0. The molecule has 1 rings (SSSR count). The Bertz CT molecular complexity index is 257. The van der Waals surface area contributed by atoms with Crippen molar-refractivity contribution in [1.82, 2.24) is 0 Å². The summed E-state index contributed by atoms with van der Waals surface area (Å²) >= 11 is 0. The van der Waals surface area contributed by atoms with Crippen LogP contribution in [0.3, 0.4) is 0 Å². The van der Waals surface area contributed by atoms with Crippen molar-refractivity contribution in [1.29, 1.82) is 0 Å². The first-order valence-electron chi connectivity index (χ1n) is 2.84.